The zero-order chi connectivity index (χ0) is 10.2. The lowest BCUT2D eigenvalue weighted by Crippen LogP contribution is -2.62. The summed E-state index contributed by atoms with van der Waals surface area (Å²) in [4.78, 5) is 2.66. The molecule has 2 fully saturated rings. The van der Waals surface area contributed by atoms with Gasteiger partial charge in [0, 0.05) is 35.7 Å². The summed E-state index contributed by atoms with van der Waals surface area (Å²) in [6.07, 6.45) is 4.02. The fourth-order valence-corrected chi connectivity index (χ4v) is 3.77. The van der Waals surface area contributed by atoms with Crippen LogP contribution in [0.15, 0.2) is 0 Å². The van der Waals surface area contributed by atoms with Crippen LogP contribution in [0.4, 0.5) is 0 Å². The molecule has 1 saturated heterocycles. The molecule has 82 valence electrons. The van der Waals surface area contributed by atoms with E-state index in [1.807, 2.05) is 0 Å². The van der Waals surface area contributed by atoms with Crippen LogP contribution in [0.5, 0.6) is 0 Å². The van der Waals surface area contributed by atoms with Gasteiger partial charge in [0.25, 0.3) is 0 Å². The molecule has 1 aliphatic heterocycles. The molecule has 3 heteroatoms. The molecule has 0 spiro atoms. The second-order valence-corrected chi connectivity index (χ2v) is 7.11. The van der Waals surface area contributed by atoms with Crippen LogP contribution in [0.2, 0.25) is 0 Å². The van der Waals surface area contributed by atoms with Crippen LogP contribution in [0.25, 0.3) is 0 Å². The fourth-order valence-electron chi connectivity index (χ4n) is 2.66. The van der Waals surface area contributed by atoms with Crippen molar-refractivity contribution in [3.05, 3.63) is 0 Å². The highest BCUT2D eigenvalue weighted by atomic mass is 32.2. The molecule has 0 amide bonds. The van der Waals surface area contributed by atoms with Crippen molar-refractivity contribution in [1.29, 1.82) is 0 Å². The Morgan fingerprint density at radius 1 is 1.36 bits per heavy atom. The van der Waals surface area contributed by atoms with Crippen LogP contribution >= 0.6 is 11.8 Å². The van der Waals surface area contributed by atoms with E-state index < -0.39 is 0 Å². The second-order valence-electron chi connectivity index (χ2n) is 5.31. The predicted octanol–water partition coefficient (Wildman–Crippen LogP) is 1.70. The van der Waals surface area contributed by atoms with Crippen LogP contribution < -0.4 is 5.73 Å². The molecule has 0 atom stereocenters. The summed E-state index contributed by atoms with van der Waals surface area (Å²) < 4.78 is 0.427. The first kappa shape index (κ1) is 10.8. The Balaban J connectivity index is 2.03. The van der Waals surface area contributed by atoms with E-state index in [9.17, 15) is 0 Å². The van der Waals surface area contributed by atoms with Crippen molar-refractivity contribution in [3.63, 3.8) is 0 Å². The molecule has 2 nitrogen and oxygen atoms in total. The average molecular weight is 214 g/mol. The van der Waals surface area contributed by atoms with Gasteiger partial charge >= 0.3 is 0 Å². The summed E-state index contributed by atoms with van der Waals surface area (Å²) in [5.41, 5.74) is 6.33. The summed E-state index contributed by atoms with van der Waals surface area (Å²) in [5, 5.41) is 0. The van der Waals surface area contributed by atoms with Crippen molar-refractivity contribution >= 4 is 11.8 Å². The maximum Gasteiger partial charge on any atom is 0.0332 e. The van der Waals surface area contributed by atoms with E-state index in [4.69, 9.17) is 5.73 Å². The Morgan fingerprint density at radius 3 is 2.50 bits per heavy atom. The Labute approximate surface area is 91.6 Å². The largest absolute Gasteiger partial charge is 0.329 e. The van der Waals surface area contributed by atoms with Crippen LogP contribution in [-0.2, 0) is 0 Å². The fraction of sp³-hybridized carbons (Fsp3) is 1.00. The maximum absolute atomic E-state index is 5.94. The molecule has 0 bridgehead atoms. The normalized spacial score (nSPS) is 31.1. The van der Waals surface area contributed by atoms with Gasteiger partial charge in [0.15, 0.2) is 0 Å². The highest BCUT2D eigenvalue weighted by Crippen LogP contribution is 2.41. The third-order valence-corrected chi connectivity index (χ3v) is 5.06. The smallest absolute Gasteiger partial charge is 0.0332 e. The van der Waals surface area contributed by atoms with E-state index >= 15 is 0 Å². The van der Waals surface area contributed by atoms with Crippen molar-refractivity contribution in [2.75, 3.05) is 25.4 Å². The second kappa shape index (κ2) is 3.69. The van der Waals surface area contributed by atoms with Crippen molar-refractivity contribution < 1.29 is 0 Å². The Bertz CT molecular complexity index is 206. The highest BCUT2D eigenvalue weighted by molar-refractivity contribution is 8.00. The Hall–Kier alpha value is 0.270. The van der Waals surface area contributed by atoms with E-state index in [1.165, 1.54) is 38.1 Å². The van der Waals surface area contributed by atoms with Gasteiger partial charge in [-0.2, -0.15) is 11.8 Å². The minimum Gasteiger partial charge on any atom is -0.329 e. The van der Waals surface area contributed by atoms with Crippen molar-refractivity contribution in [2.24, 2.45) is 5.73 Å². The molecule has 1 saturated carbocycles. The van der Waals surface area contributed by atoms with E-state index in [-0.39, 0.29) is 0 Å². The van der Waals surface area contributed by atoms with E-state index in [2.05, 4.69) is 30.5 Å². The van der Waals surface area contributed by atoms with Gasteiger partial charge in [0.05, 0.1) is 0 Å². The van der Waals surface area contributed by atoms with E-state index in [0.29, 0.717) is 10.3 Å². The number of nitrogens with zero attached hydrogens (tertiary/aromatic N) is 1. The van der Waals surface area contributed by atoms with E-state index in [0.717, 1.165) is 6.54 Å². The molecule has 0 aromatic rings. The number of hydrogen-bond acceptors (Lipinski definition) is 3. The SMILES string of the molecule is CC1(C)CN(C2(CN)CCC2)CCS1. The number of nitrogens with two attached hydrogens (primary N) is 1. The molecule has 0 unspecified atom stereocenters. The monoisotopic (exact) mass is 214 g/mol. The van der Waals surface area contributed by atoms with Crippen LogP contribution in [0, 0.1) is 0 Å². The Morgan fingerprint density at radius 2 is 2.07 bits per heavy atom. The minimum absolute atomic E-state index is 0.387. The lowest BCUT2D eigenvalue weighted by Gasteiger charge is -2.54. The molecule has 2 aliphatic rings. The lowest BCUT2D eigenvalue weighted by molar-refractivity contribution is 0.0201. The van der Waals surface area contributed by atoms with Gasteiger partial charge in [-0.3, -0.25) is 4.90 Å². The average Bonchev–Trinajstić information content (AvgIpc) is 2.01. The number of rotatable bonds is 2. The molecule has 0 aromatic heterocycles. The van der Waals surface area contributed by atoms with Crippen LogP contribution in [0.3, 0.4) is 0 Å². The molecular weight excluding hydrogens is 192 g/mol. The summed E-state index contributed by atoms with van der Waals surface area (Å²) in [5.74, 6) is 1.27. The van der Waals surface area contributed by atoms with Crippen molar-refractivity contribution in [2.45, 2.75) is 43.4 Å². The van der Waals surface area contributed by atoms with Gasteiger partial charge in [0.2, 0.25) is 0 Å². The predicted molar refractivity (Wildman–Crippen MR) is 63.7 cm³/mol. The van der Waals surface area contributed by atoms with Crippen molar-refractivity contribution in [1.82, 2.24) is 4.90 Å². The molecular formula is C11H22N2S. The summed E-state index contributed by atoms with van der Waals surface area (Å²) in [7, 11) is 0. The first-order valence-corrected chi connectivity index (χ1v) is 6.66. The number of hydrogen-bond donors (Lipinski definition) is 1. The van der Waals surface area contributed by atoms with Gasteiger partial charge in [-0.15, -0.1) is 0 Å². The third-order valence-electron chi connectivity index (χ3n) is 3.76. The van der Waals surface area contributed by atoms with Gasteiger partial charge in [-0.05, 0) is 33.1 Å². The number of thioether (sulfide) groups is 1. The van der Waals surface area contributed by atoms with Gasteiger partial charge in [0.1, 0.15) is 0 Å². The lowest BCUT2D eigenvalue weighted by atomic mass is 9.75. The molecule has 14 heavy (non-hydrogen) atoms. The van der Waals surface area contributed by atoms with Crippen molar-refractivity contribution in [3.8, 4) is 0 Å². The zero-order valence-corrected chi connectivity index (χ0v) is 10.2. The summed E-state index contributed by atoms with van der Waals surface area (Å²) in [6, 6.07) is 0. The maximum atomic E-state index is 5.94. The van der Waals surface area contributed by atoms with Gasteiger partial charge in [-0.25, -0.2) is 0 Å². The highest BCUT2D eigenvalue weighted by Gasteiger charge is 2.44. The molecule has 0 aromatic carbocycles. The Kier molecular flexibility index (Phi) is 2.84. The first-order valence-electron chi connectivity index (χ1n) is 5.67. The van der Waals surface area contributed by atoms with Gasteiger partial charge in [-0.1, -0.05) is 0 Å². The van der Waals surface area contributed by atoms with Crippen LogP contribution in [-0.4, -0.2) is 40.6 Å². The minimum atomic E-state index is 0.387. The summed E-state index contributed by atoms with van der Waals surface area (Å²) in [6.45, 7) is 8.02. The standard InChI is InChI=1S/C11H22N2S/c1-10(2)9-13(6-7-14-10)11(8-12)4-3-5-11/h3-9,12H2,1-2H3. The molecule has 2 N–H and O–H groups in total. The van der Waals surface area contributed by atoms with Crippen LogP contribution in [0.1, 0.15) is 33.1 Å². The topological polar surface area (TPSA) is 29.3 Å². The quantitative estimate of drug-likeness (QED) is 0.758. The molecule has 0 radical (unpaired) electrons. The summed E-state index contributed by atoms with van der Waals surface area (Å²) >= 11 is 2.10. The molecule has 1 heterocycles. The zero-order valence-electron chi connectivity index (χ0n) is 9.38. The molecule has 1 aliphatic carbocycles. The molecule has 2 rings (SSSR count). The third kappa shape index (κ3) is 1.82. The first-order chi connectivity index (χ1) is 6.58. The van der Waals surface area contributed by atoms with Gasteiger partial charge < -0.3 is 5.73 Å². The van der Waals surface area contributed by atoms with E-state index in [1.54, 1.807) is 0 Å².